The van der Waals surface area contributed by atoms with Gasteiger partial charge in [0.2, 0.25) is 0 Å². The summed E-state index contributed by atoms with van der Waals surface area (Å²) in [7, 11) is 0. The molecular formula is C23H23N5O3. The number of nitrogens with one attached hydrogen (secondary N) is 1. The molecule has 2 heterocycles. The van der Waals surface area contributed by atoms with Crippen LogP contribution in [0.1, 0.15) is 42.7 Å². The van der Waals surface area contributed by atoms with Crippen LogP contribution in [0, 0.1) is 0 Å². The van der Waals surface area contributed by atoms with Gasteiger partial charge in [-0.1, -0.05) is 50.2 Å². The SMILES string of the molecule is CCOc1ccccc1-n1c(=O)[nH]c2c(C(N)=O)nc(-c3ccc(C(C)C)cc3)nc21. The standard InChI is InChI=1S/C23H23N5O3/c1-4-31-17-8-6-5-7-16(17)28-22-19(26-23(28)30)18(20(24)29)25-21(27-22)15-11-9-14(10-12-15)13(2)3/h5-13H,4H2,1-3H3,(H2,24,29)(H,26,30). The van der Waals surface area contributed by atoms with Crippen LogP contribution in [0.5, 0.6) is 5.75 Å². The Morgan fingerprint density at radius 3 is 2.48 bits per heavy atom. The Morgan fingerprint density at radius 1 is 1.13 bits per heavy atom. The number of primary amides is 1. The van der Waals surface area contributed by atoms with Gasteiger partial charge >= 0.3 is 5.69 Å². The molecule has 0 fully saturated rings. The van der Waals surface area contributed by atoms with E-state index in [2.05, 4.69) is 28.8 Å². The number of hydrogen-bond acceptors (Lipinski definition) is 5. The Balaban J connectivity index is 1.99. The van der Waals surface area contributed by atoms with Gasteiger partial charge in [0, 0.05) is 5.56 Å². The van der Waals surface area contributed by atoms with E-state index >= 15 is 0 Å². The fourth-order valence-electron chi connectivity index (χ4n) is 3.45. The average Bonchev–Trinajstić information content (AvgIpc) is 3.09. The van der Waals surface area contributed by atoms with Gasteiger partial charge in [-0.25, -0.2) is 19.3 Å². The number of carbonyl (C=O) groups excluding carboxylic acids is 1. The fourth-order valence-corrected chi connectivity index (χ4v) is 3.45. The predicted molar refractivity (Wildman–Crippen MR) is 119 cm³/mol. The van der Waals surface area contributed by atoms with Gasteiger partial charge in [-0.2, -0.15) is 0 Å². The molecule has 0 bridgehead atoms. The van der Waals surface area contributed by atoms with Crippen molar-refractivity contribution in [3.63, 3.8) is 0 Å². The molecule has 3 N–H and O–H groups in total. The molecule has 0 saturated carbocycles. The molecule has 0 radical (unpaired) electrons. The van der Waals surface area contributed by atoms with Crippen LogP contribution in [0.2, 0.25) is 0 Å². The molecule has 8 heteroatoms. The quantitative estimate of drug-likeness (QED) is 0.499. The van der Waals surface area contributed by atoms with Crippen molar-refractivity contribution in [3.8, 4) is 22.8 Å². The van der Waals surface area contributed by atoms with Gasteiger partial charge in [0.1, 0.15) is 11.3 Å². The van der Waals surface area contributed by atoms with Crippen LogP contribution in [0.15, 0.2) is 53.3 Å². The van der Waals surface area contributed by atoms with Crippen molar-refractivity contribution in [1.29, 1.82) is 0 Å². The monoisotopic (exact) mass is 417 g/mol. The van der Waals surface area contributed by atoms with Crippen molar-refractivity contribution >= 4 is 17.1 Å². The number of imidazole rings is 1. The minimum Gasteiger partial charge on any atom is -0.492 e. The topological polar surface area (TPSA) is 116 Å². The van der Waals surface area contributed by atoms with Crippen LogP contribution in [0.25, 0.3) is 28.2 Å². The second-order valence-electron chi connectivity index (χ2n) is 7.40. The second kappa shape index (κ2) is 8.06. The van der Waals surface area contributed by atoms with Crippen molar-refractivity contribution in [2.75, 3.05) is 6.61 Å². The minimum atomic E-state index is -0.751. The van der Waals surface area contributed by atoms with E-state index in [1.807, 2.05) is 37.3 Å². The number of fused-ring (bicyclic) bond motifs is 1. The third-order valence-corrected chi connectivity index (χ3v) is 5.01. The summed E-state index contributed by atoms with van der Waals surface area (Å²) in [6, 6.07) is 14.9. The predicted octanol–water partition coefficient (Wildman–Crippen LogP) is 3.40. The highest BCUT2D eigenvalue weighted by Crippen LogP contribution is 2.27. The van der Waals surface area contributed by atoms with Gasteiger partial charge in [-0.15, -0.1) is 0 Å². The first-order valence-electron chi connectivity index (χ1n) is 10.1. The van der Waals surface area contributed by atoms with Gasteiger partial charge in [0.05, 0.1) is 12.3 Å². The Hall–Kier alpha value is -3.94. The number of benzene rings is 2. The molecular weight excluding hydrogens is 394 g/mol. The van der Waals surface area contributed by atoms with Crippen LogP contribution in [-0.2, 0) is 0 Å². The van der Waals surface area contributed by atoms with E-state index in [1.54, 1.807) is 18.2 Å². The first-order chi connectivity index (χ1) is 14.9. The smallest absolute Gasteiger partial charge is 0.332 e. The normalized spacial score (nSPS) is 11.2. The van der Waals surface area contributed by atoms with Gasteiger partial charge in [-0.3, -0.25) is 4.79 Å². The van der Waals surface area contributed by atoms with Crippen LogP contribution < -0.4 is 16.2 Å². The van der Waals surface area contributed by atoms with Crippen molar-refractivity contribution in [3.05, 3.63) is 70.3 Å². The number of rotatable bonds is 6. The van der Waals surface area contributed by atoms with E-state index in [1.165, 1.54) is 10.1 Å². The average molecular weight is 417 g/mol. The largest absolute Gasteiger partial charge is 0.492 e. The molecule has 1 amide bonds. The van der Waals surface area contributed by atoms with Crippen LogP contribution in [0.3, 0.4) is 0 Å². The number of hydrogen-bond donors (Lipinski definition) is 2. The zero-order chi connectivity index (χ0) is 22.1. The number of nitrogens with zero attached hydrogens (tertiary/aromatic N) is 3. The van der Waals surface area contributed by atoms with Gasteiger partial charge in [-0.05, 0) is 30.5 Å². The van der Waals surface area contributed by atoms with Gasteiger partial charge in [0.15, 0.2) is 17.2 Å². The molecule has 0 aliphatic rings. The summed E-state index contributed by atoms with van der Waals surface area (Å²) in [5.41, 5.74) is 7.91. The molecule has 2 aromatic heterocycles. The number of ether oxygens (including phenoxy) is 1. The number of aromatic amines is 1. The third-order valence-electron chi connectivity index (χ3n) is 5.01. The summed E-state index contributed by atoms with van der Waals surface area (Å²) in [5.74, 6) is 0.454. The molecule has 31 heavy (non-hydrogen) atoms. The maximum absolute atomic E-state index is 12.9. The van der Waals surface area contributed by atoms with Crippen molar-refractivity contribution in [2.24, 2.45) is 5.73 Å². The highest BCUT2D eigenvalue weighted by atomic mass is 16.5. The number of H-pyrrole nitrogens is 1. The van der Waals surface area contributed by atoms with E-state index < -0.39 is 11.6 Å². The molecule has 158 valence electrons. The molecule has 4 aromatic rings. The Bertz CT molecular complexity index is 1320. The number of aromatic nitrogens is 4. The van der Waals surface area contributed by atoms with Crippen LogP contribution >= 0.6 is 0 Å². The highest BCUT2D eigenvalue weighted by molar-refractivity contribution is 6.02. The molecule has 0 saturated heterocycles. The van der Waals surface area contributed by atoms with E-state index in [-0.39, 0.29) is 16.9 Å². The molecule has 4 rings (SSSR count). The lowest BCUT2D eigenvalue weighted by atomic mass is 10.0. The lowest BCUT2D eigenvalue weighted by Crippen LogP contribution is -2.16. The Kier molecular flexibility index (Phi) is 5.29. The van der Waals surface area contributed by atoms with Crippen LogP contribution in [0.4, 0.5) is 0 Å². The summed E-state index contributed by atoms with van der Waals surface area (Å²) < 4.78 is 7.06. The maximum Gasteiger partial charge on any atom is 0.332 e. The van der Waals surface area contributed by atoms with Crippen molar-refractivity contribution in [2.45, 2.75) is 26.7 Å². The summed E-state index contributed by atoms with van der Waals surface area (Å²) in [6.07, 6.45) is 0. The molecule has 0 aliphatic heterocycles. The number of carbonyl (C=O) groups is 1. The first-order valence-corrected chi connectivity index (χ1v) is 10.1. The summed E-state index contributed by atoms with van der Waals surface area (Å²) in [5, 5.41) is 0. The molecule has 0 unspecified atom stereocenters. The zero-order valence-electron chi connectivity index (χ0n) is 17.5. The highest BCUT2D eigenvalue weighted by Gasteiger charge is 2.21. The summed E-state index contributed by atoms with van der Waals surface area (Å²) in [4.78, 5) is 36.7. The van der Waals surface area contributed by atoms with E-state index in [9.17, 15) is 9.59 Å². The maximum atomic E-state index is 12.9. The Labute approximate surface area is 178 Å². The number of para-hydroxylation sites is 2. The van der Waals surface area contributed by atoms with E-state index in [0.717, 1.165) is 0 Å². The molecule has 0 atom stereocenters. The lowest BCUT2D eigenvalue weighted by molar-refractivity contribution is 0.0997. The van der Waals surface area contributed by atoms with Crippen LogP contribution in [-0.4, -0.2) is 32.0 Å². The molecule has 8 nitrogen and oxygen atoms in total. The zero-order valence-corrected chi connectivity index (χ0v) is 17.5. The molecule has 2 aromatic carbocycles. The minimum absolute atomic E-state index is 0.0438. The lowest BCUT2D eigenvalue weighted by Gasteiger charge is -2.11. The third kappa shape index (κ3) is 3.68. The Morgan fingerprint density at radius 2 is 1.84 bits per heavy atom. The summed E-state index contributed by atoms with van der Waals surface area (Å²) >= 11 is 0. The van der Waals surface area contributed by atoms with E-state index in [0.29, 0.717) is 35.3 Å². The molecule has 0 spiro atoms. The van der Waals surface area contributed by atoms with Gasteiger partial charge < -0.3 is 15.5 Å². The second-order valence-corrected chi connectivity index (χ2v) is 7.40. The van der Waals surface area contributed by atoms with Crippen molar-refractivity contribution in [1.82, 2.24) is 19.5 Å². The van der Waals surface area contributed by atoms with E-state index in [4.69, 9.17) is 10.5 Å². The van der Waals surface area contributed by atoms with Crippen molar-refractivity contribution < 1.29 is 9.53 Å². The molecule has 0 aliphatic carbocycles. The first kappa shape index (κ1) is 20.3. The number of nitrogens with two attached hydrogens (primary N) is 1. The number of amides is 1. The fraction of sp³-hybridized carbons (Fsp3) is 0.217. The summed E-state index contributed by atoms with van der Waals surface area (Å²) in [6.45, 7) is 6.51. The van der Waals surface area contributed by atoms with Gasteiger partial charge in [0.25, 0.3) is 5.91 Å².